The van der Waals surface area contributed by atoms with Gasteiger partial charge < -0.3 is 9.72 Å². The summed E-state index contributed by atoms with van der Waals surface area (Å²) in [7, 11) is 0. The molecular formula is C8H7F4NO2. The van der Waals surface area contributed by atoms with Crippen LogP contribution >= 0.6 is 0 Å². The Morgan fingerprint density at radius 3 is 2.53 bits per heavy atom. The van der Waals surface area contributed by atoms with Gasteiger partial charge in [0.25, 0.3) is 0 Å². The van der Waals surface area contributed by atoms with Crippen molar-refractivity contribution in [1.82, 2.24) is 4.98 Å². The standard InChI is InChI=1S/C8H7F4NO2/c1-4-3-13-5(2-9)7(6(4)14)15-8(10,11)12/h3H,2H2,1H3,(H,13,14). The Hall–Kier alpha value is -1.53. The lowest BCUT2D eigenvalue weighted by molar-refractivity contribution is -0.275. The minimum absolute atomic E-state index is 0.0199. The number of ether oxygens (including phenoxy) is 1. The zero-order valence-corrected chi connectivity index (χ0v) is 7.61. The summed E-state index contributed by atoms with van der Waals surface area (Å²) in [5.41, 5.74) is -1.48. The van der Waals surface area contributed by atoms with E-state index in [1.165, 1.54) is 6.92 Å². The molecule has 1 aromatic heterocycles. The fraction of sp³-hybridized carbons (Fsp3) is 0.375. The van der Waals surface area contributed by atoms with Gasteiger partial charge in [-0.15, -0.1) is 13.2 Å². The van der Waals surface area contributed by atoms with Crippen LogP contribution in [0, 0.1) is 6.92 Å². The maximum Gasteiger partial charge on any atom is 0.573 e. The quantitative estimate of drug-likeness (QED) is 0.782. The zero-order chi connectivity index (χ0) is 11.6. The van der Waals surface area contributed by atoms with E-state index in [0.29, 0.717) is 0 Å². The van der Waals surface area contributed by atoms with Gasteiger partial charge in [-0.3, -0.25) is 4.79 Å². The molecule has 1 rings (SSSR count). The van der Waals surface area contributed by atoms with E-state index in [0.717, 1.165) is 6.20 Å². The zero-order valence-electron chi connectivity index (χ0n) is 7.61. The molecule has 0 bridgehead atoms. The van der Waals surface area contributed by atoms with E-state index in [1.807, 2.05) is 0 Å². The predicted octanol–water partition coefficient (Wildman–Crippen LogP) is 2.05. The number of aryl methyl sites for hydroxylation is 1. The summed E-state index contributed by atoms with van der Waals surface area (Å²) >= 11 is 0. The molecular weight excluding hydrogens is 218 g/mol. The summed E-state index contributed by atoms with van der Waals surface area (Å²) in [5, 5.41) is 0. The molecule has 0 amide bonds. The normalized spacial score (nSPS) is 11.5. The van der Waals surface area contributed by atoms with Crippen LogP contribution in [0.1, 0.15) is 11.3 Å². The maximum atomic E-state index is 12.3. The van der Waals surface area contributed by atoms with Crippen LogP contribution in [0.2, 0.25) is 0 Å². The van der Waals surface area contributed by atoms with Crippen molar-refractivity contribution in [2.75, 3.05) is 0 Å². The Labute approximate surface area is 81.7 Å². The van der Waals surface area contributed by atoms with Crippen LogP contribution in [0.3, 0.4) is 0 Å². The van der Waals surface area contributed by atoms with Crippen LogP contribution in [0.5, 0.6) is 5.75 Å². The van der Waals surface area contributed by atoms with Crippen molar-refractivity contribution >= 4 is 0 Å². The fourth-order valence-corrected chi connectivity index (χ4v) is 0.966. The average Bonchev–Trinajstić information content (AvgIpc) is 2.11. The molecule has 7 heteroatoms. The Balaban J connectivity index is 3.25. The first-order valence-corrected chi connectivity index (χ1v) is 3.88. The minimum Gasteiger partial charge on any atom is -0.400 e. The fourth-order valence-electron chi connectivity index (χ4n) is 0.966. The second kappa shape index (κ2) is 3.92. The lowest BCUT2D eigenvalue weighted by Gasteiger charge is -2.11. The van der Waals surface area contributed by atoms with E-state index >= 15 is 0 Å². The number of hydrogen-bond donors (Lipinski definition) is 1. The third-order valence-corrected chi connectivity index (χ3v) is 1.65. The summed E-state index contributed by atoms with van der Waals surface area (Å²) in [6.45, 7) is 0.0605. The molecule has 0 saturated heterocycles. The van der Waals surface area contributed by atoms with Gasteiger partial charge in [-0.05, 0) is 6.92 Å². The number of nitrogens with one attached hydrogen (secondary N) is 1. The molecule has 1 N–H and O–H groups in total. The first kappa shape index (κ1) is 11.5. The molecule has 0 spiro atoms. The molecule has 0 aliphatic heterocycles. The van der Waals surface area contributed by atoms with Crippen molar-refractivity contribution < 1.29 is 22.3 Å². The molecule has 0 unspecified atom stereocenters. The smallest absolute Gasteiger partial charge is 0.400 e. The summed E-state index contributed by atoms with van der Waals surface area (Å²) < 4.78 is 51.3. The molecule has 0 aliphatic carbocycles. The maximum absolute atomic E-state index is 12.3. The third kappa shape index (κ3) is 2.71. The molecule has 0 atom stereocenters. The Bertz CT molecular complexity index is 410. The monoisotopic (exact) mass is 225 g/mol. The van der Waals surface area contributed by atoms with E-state index in [2.05, 4.69) is 9.72 Å². The highest BCUT2D eigenvalue weighted by Gasteiger charge is 2.33. The molecule has 0 aromatic carbocycles. The number of aromatic nitrogens is 1. The lowest BCUT2D eigenvalue weighted by atomic mass is 10.2. The first-order valence-electron chi connectivity index (χ1n) is 3.88. The van der Waals surface area contributed by atoms with Gasteiger partial charge >= 0.3 is 6.36 Å². The molecule has 15 heavy (non-hydrogen) atoms. The van der Waals surface area contributed by atoms with Crippen LogP contribution in [0.15, 0.2) is 11.0 Å². The third-order valence-electron chi connectivity index (χ3n) is 1.65. The van der Waals surface area contributed by atoms with Crippen molar-refractivity contribution in [3.8, 4) is 5.75 Å². The van der Waals surface area contributed by atoms with Gasteiger partial charge in [-0.25, -0.2) is 4.39 Å². The second-order valence-corrected chi connectivity index (χ2v) is 2.79. The number of halogens is 4. The van der Waals surface area contributed by atoms with Crippen molar-refractivity contribution in [1.29, 1.82) is 0 Å². The number of alkyl halides is 4. The largest absolute Gasteiger partial charge is 0.573 e. The van der Waals surface area contributed by atoms with E-state index in [-0.39, 0.29) is 5.56 Å². The van der Waals surface area contributed by atoms with Gasteiger partial charge in [0.15, 0.2) is 5.75 Å². The van der Waals surface area contributed by atoms with Crippen molar-refractivity contribution in [3.63, 3.8) is 0 Å². The number of rotatable bonds is 2. The van der Waals surface area contributed by atoms with Crippen LogP contribution in [0.4, 0.5) is 17.6 Å². The van der Waals surface area contributed by atoms with Crippen LogP contribution in [-0.2, 0) is 6.67 Å². The highest BCUT2D eigenvalue weighted by molar-refractivity contribution is 5.31. The van der Waals surface area contributed by atoms with Gasteiger partial charge in [-0.1, -0.05) is 0 Å². The van der Waals surface area contributed by atoms with Gasteiger partial charge in [-0.2, -0.15) is 0 Å². The Morgan fingerprint density at radius 2 is 2.07 bits per heavy atom. The summed E-state index contributed by atoms with van der Waals surface area (Å²) in [6.07, 6.45) is -3.88. The number of aromatic amines is 1. The topological polar surface area (TPSA) is 42.1 Å². The molecule has 84 valence electrons. The molecule has 0 aliphatic rings. The van der Waals surface area contributed by atoms with Gasteiger partial charge in [0, 0.05) is 11.8 Å². The Kier molecular flexibility index (Phi) is 3.01. The summed E-state index contributed by atoms with van der Waals surface area (Å²) in [4.78, 5) is 13.4. The number of hydrogen-bond acceptors (Lipinski definition) is 2. The average molecular weight is 225 g/mol. The first-order chi connectivity index (χ1) is 6.85. The summed E-state index contributed by atoms with van der Waals surface area (Å²) in [5.74, 6) is -1.04. The summed E-state index contributed by atoms with van der Waals surface area (Å²) in [6, 6.07) is 0. The molecule has 3 nitrogen and oxygen atoms in total. The number of H-pyrrole nitrogens is 1. The van der Waals surface area contributed by atoms with E-state index < -0.39 is 29.9 Å². The highest BCUT2D eigenvalue weighted by atomic mass is 19.4. The molecule has 1 heterocycles. The van der Waals surface area contributed by atoms with Crippen molar-refractivity contribution in [2.24, 2.45) is 0 Å². The van der Waals surface area contributed by atoms with E-state index in [1.54, 1.807) is 0 Å². The lowest BCUT2D eigenvalue weighted by Crippen LogP contribution is -2.24. The molecule has 0 saturated carbocycles. The van der Waals surface area contributed by atoms with Crippen LogP contribution < -0.4 is 10.2 Å². The second-order valence-electron chi connectivity index (χ2n) is 2.79. The van der Waals surface area contributed by atoms with E-state index in [4.69, 9.17) is 0 Å². The SMILES string of the molecule is Cc1c[nH]c(CF)c(OC(F)(F)F)c1=O. The van der Waals surface area contributed by atoms with Crippen LogP contribution in [-0.4, -0.2) is 11.3 Å². The van der Waals surface area contributed by atoms with Gasteiger partial charge in [0.1, 0.15) is 6.67 Å². The molecule has 0 radical (unpaired) electrons. The number of pyridine rings is 1. The van der Waals surface area contributed by atoms with Gasteiger partial charge in [0.2, 0.25) is 5.43 Å². The van der Waals surface area contributed by atoms with Crippen molar-refractivity contribution in [3.05, 3.63) is 27.7 Å². The minimum atomic E-state index is -5.01. The van der Waals surface area contributed by atoms with E-state index in [9.17, 15) is 22.4 Å². The molecule has 0 fully saturated rings. The van der Waals surface area contributed by atoms with Crippen LogP contribution in [0.25, 0.3) is 0 Å². The predicted molar refractivity (Wildman–Crippen MR) is 43.3 cm³/mol. The highest BCUT2D eigenvalue weighted by Crippen LogP contribution is 2.22. The Morgan fingerprint density at radius 1 is 1.47 bits per heavy atom. The van der Waals surface area contributed by atoms with Crippen molar-refractivity contribution in [2.45, 2.75) is 20.0 Å². The van der Waals surface area contributed by atoms with Gasteiger partial charge in [0.05, 0.1) is 5.69 Å². The molecule has 1 aromatic rings.